The first-order valence-corrected chi connectivity index (χ1v) is 7.24. The lowest BCUT2D eigenvalue weighted by atomic mass is 10.1. The Morgan fingerprint density at radius 1 is 1.10 bits per heavy atom. The number of rotatable bonds is 5. The van der Waals surface area contributed by atoms with Gasteiger partial charge in [0.05, 0.1) is 6.54 Å². The molecule has 2 aromatic rings. The lowest BCUT2D eigenvalue weighted by Gasteiger charge is -2.10. The first-order chi connectivity index (χ1) is 10.0. The van der Waals surface area contributed by atoms with E-state index in [0.717, 1.165) is 16.8 Å². The fraction of sp³-hybridized carbons (Fsp3) is 0.235. The number of carbonyl (C=O) groups is 1. The molecule has 110 valence electrons. The average Bonchev–Trinajstić information content (AvgIpc) is 2.46. The van der Waals surface area contributed by atoms with Gasteiger partial charge in [0.15, 0.2) is 0 Å². The number of amides is 1. The molecule has 2 N–H and O–H groups in total. The van der Waals surface area contributed by atoms with E-state index in [4.69, 9.17) is 11.6 Å². The summed E-state index contributed by atoms with van der Waals surface area (Å²) < 4.78 is 0. The summed E-state index contributed by atoms with van der Waals surface area (Å²) in [6, 6.07) is 13.7. The van der Waals surface area contributed by atoms with Crippen LogP contribution in [0.5, 0.6) is 0 Å². The Morgan fingerprint density at radius 2 is 1.81 bits per heavy atom. The highest BCUT2D eigenvalue weighted by Gasteiger charge is 2.03. The molecule has 0 aliphatic heterocycles. The van der Waals surface area contributed by atoms with Crippen molar-refractivity contribution in [3.05, 3.63) is 64.2 Å². The standard InChI is InChI=1S/C17H19ClN2O/c1-12-3-5-14(6-4-12)10-20-17(21)11-19-16-8-7-15(18)9-13(16)2/h3-9,19H,10-11H2,1-2H3,(H,20,21). The zero-order valence-corrected chi connectivity index (χ0v) is 13.0. The first kappa shape index (κ1) is 15.4. The van der Waals surface area contributed by atoms with Gasteiger partial charge >= 0.3 is 0 Å². The number of benzene rings is 2. The fourth-order valence-corrected chi connectivity index (χ4v) is 2.20. The number of anilines is 1. The van der Waals surface area contributed by atoms with Crippen molar-refractivity contribution in [1.82, 2.24) is 5.32 Å². The lowest BCUT2D eigenvalue weighted by Crippen LogP contribution is -2.29. The molecular formula is C17H19ClN2O. The number of nitrogens with one attached hydrogen (secondary N) is 2. The van der Waals surface area contributed by atoms with Crippen LogP contribution in [0.2, 0.25) is 5.02 Å². The van der Waals surface area contributed by atoms with E-state index in [1.165, 1.54) is 5.56 Å². The topological polar surface area (TPSA) is 41.1 Å². The predicted octanol–water partition coefficient (Wildman–Crippen LogP) is 3.69. The molecule has 4 heteroatoms. The largest absolute Gasteiger partial charge is 0.376 e. The summed E-state index contributed by atoms with van der Waals surface area (Å²) in [4.78, 5) is 11.8. The van der Waals surface area contributed by atoms with E-state index in [1.807, 2.05) is 50.2 Å². The van der Waals surface area contributed by atoms with E-state index in [0.29, 0.717) is 11.6 Å². The molecule has 0 bridgehead atoms. The van der Waals surface area contributed by atoms with Crippen LogP contribution in [0.15, 0.2) is 42.5 Å². The van der Waals surface area contributed by atoms with Gasteiger partial charge in [-0.05, 0) is 43.2 Å². The summed E-state index contributed by atoms with van der Waals surface area (Å²) >= 11 is 5.90. The maximum absolute atomic E-state index is 11.8. The smallest absolute Gasteiger partial charge is 0.239 e. The highest BCUT2D eigenvalue weighted by atomic mass is 35.5. The van der Waals surface area contributed by atoms with Crippen LogP contribution in [0, 0.1) is 13.8 Å². The summed E-state index contributed by atoms with van der Waals surface area (Å²) in [5, 5.41) is 6.70. The van der Waals surface area contributed by atoms with Crippen molar-refractivity contribution in [2.75, 3.05) is 11.9 Å². The molecule has 0 atom stereocenters. The molecular weight excluding hydrogens is 284 g/mol. The second-order valence-electron chi connectivity index (χ2n) is 5.08. The number of hydrogen-bond acceptors (Lipinski definition) is 2. The summed E-state index contributed by atoms with van der Waals surface area (Å²) in [5.41, 5.74) is 4.25. The molecule has 0 saturated carbocycles. The molecule has 0 unspecified atom stereocenters. The van der Waals surface area contributed by atoms with E-state index in [9.17, 15) is 4.79 Å². The molecule has 21 heavy (non-hydrogen) atoms. The van der Waals surface area contributed by atoms with Crippen molar-refractivity contribution < 1.29 is 4.79 Å². The third-order valence-electron chi connectivity index (χ3n) is 3.24. The third-order valence-corrected chi connectivity index (χ3v) is 3.47. The van der Waals surface area contributed by atoms with Gasteiger partial charge in [0.1, 0.15) is 0 Å². The van der Waals surface area contributed by atoms with E-state index in [2.05, 4.69) is 10.6 Å². The van der Waals surface area contributed by atoms with Gasteiger partial charge in [-0.1, -0.05) is 41.4 Å². The number of hydrogen-bond donors (Lipinski definition) is 2. The Balaban J connectivity index is 1.80. The van der Waals surface area contributed by atoms with Crippen LogP contribution in [0.1, 0.15) is 16.7 Å². The SMILES string of the molecule is Cc1ccc(CNC(=O)CNc2ccc(Cl)cc2C)cc1. The Kier molecular flexibility index (Phi) is 5.23. The molecule has 0 heterocycles. The molecule has 2 aromatic carbocycles. The predicted molar refractivity (Wildman–Crippen MR) is 87.7 cm³/mol. The van der Waals surface area contributed by atoms with E-state index in [1.54, 1.807) is 6.07 Å². The van der Waals surface area contributed by atoms with Crippen LogP contribution in [0.25, 0.3) is 0 Å². The summed E-state index contributed by atoms with van der Waals surface area (Å²) in [7, 11) is 0. The molecule has 2 rings (SSSR count). The maximum Gasteiger partial charge on any atom is 0.239 e. The minimum Gasteiger partial charge on any atom is -0.376 e. The number of carbonyl (C=O) groups excluding carboxylic acids is 1. The van der Waals surface area contributed by atoms with Gasteiger partial charge < -0.3 is 10.6 Å². The first-order valence-electron chi connectivity index (χ1n) is 6.87. The van der Waals surface area contributed by atoms with Crippen LogP contribution in [0.4, 0.5) is 5.69 Å². The molecule has 3 nitrogen and oxygen atoms in total. The molecule has 0 aromatic heterocycles. The molecule has 0 spiro atoms. The van der Waals surface area contributed by atoms with E-state index in [-0.39, 0.29) is 12.5 Å². The van der Waals surface area contributed by atoms with Crippen molar-refractivity contribution in [2.24, 2.45) is 0 Å². The van der Waals surface area contributed by atoms with Crippen molar-refractivity contribution in [2.45, 2.75) is 20.4 Å². The Bertz CT molecular complexity index is 623. The lowest BCUT2D eigenvalue weighted by molar-refractivity contribution is -0.119. The molecule has 0 aliphatic rings. The highest BCUT2D eigenvalue weighted by molar-refractivity contribution is 6.30. The Labute approximate surface area is 130 Å². The summed E-state index contributed by atoms with van der Waals surface area (Å²) in [6.45, 7) is 4.79. The van der Waals surface area contributed by atoms with Gasteiger partial charge in [-0.25, -0.2) is 0 Å². The number of halogens is 1. The minimum atomic E-state index is -0.0371. The number of aryl methyl sites for hydroxylation is 2. The monoisotopic (exact) mass is 302 g/mol. The average molecular weight is 303 g/mol. The van der Waals surface area contributed by atoms with Crippen LogP contribution >= 0.6 is 11.6 Å². The fourth-order valence-electron chi connectivity index (χ4n) is 1.97. The van der Waals surface area contributed by atoms with Crippen LogP contribution in [-0.2, 0) is 11.3 Å². The highest BCUT2D eigenvalue weighted by Crippen LogP contribution is 2.19. The molecule has 0 saturated heterocycles. The molecule has 1 amide bonds. The van der Waals surface area contributed by atoms with Gasteiger partial charge in [-0.3, -0.25) is 4.79 Å². The van der Waals surface area contributed by atoms with Crippen molar-refractivity contribution in [1.29, 1.82) is 0 Å². The molecule has 0 fully saturated rings. The van der Waals surface area contributed by atoms with Crippen molar-refractivity contribution >= 4 is 23.2 Å². The zero-order chi connectivity index (χ0) is 15.2. The molecule has 0 radical (unpaired) electrons. The van der Waals surface area contributed by atoms with Gasteiger partial charge in [-0.15, -0.1) is 0 Å². The second kappa shape index (κ2) is 7.14. The summed E-state index contributed by atoms with van der Waals surface area (Å²) in [5.74, 6) is -0.0371. The molecule has 0 aliphatic carbocycles. The third kappa shape index (κ3) is 4.80. The van der Waals surface area contributed by atoms with Gasteiger partial charge in [-0.2, -0.15) is 0 Å². The van der Waals surface area contributed by atoms with E-state index >= 15 is 0 Å². The normalized spacial score (nSPS) is 10.2. The van der Waals surface area contributed by atoms with Crippen LogP contribution in [0.3, 0.4) is 0 Å². The minimum absolute atomic E-state index is 0.0371. The zero-order valence-electron chi connectivity index (χ0n) is 12.2. The van der Waals surface area contributed by atoms with Crippen molar-refractivity contribution in [3.63, 3.8) is 0 Å². The second-order valence-corrected chi connectivity index (χ2v) is 5.51. The maximum atomic E-state index is 11.8. The summed E-state index contributed by atoms with van der Waals surface area (Å²) in [6.07, 6.45) is 0. The Hall–Kier alpha value is -2.00. The van der Waals surface area contributed by atoms with E-state index < -0.39 is 0 Å². The van der Waals surface area contributed by atoms with Crippen molar-refractivity contribution in [3.8, 4) is 0 Å². The Morgan fingerprint density at radius 3 is 2.48 bits per heavy atom. The van der Waals surface area contributed by atoms with Gasteiger partial charge in [0.2, 0.25) is 5.91 Å². The van der Waals surface area contributed by atoms with Crippen LogP contribution in [-0.4, -0.2) is 12.5 Å². The van der Waals surface area contributed by atoms with Gasteiger partial charge in [0.25, 0.3) is 0 Å². The van der Waals surface area contributed by atoms with Crippen LogP contribution < -0.4 is 10.6 Å². The quantitative estimate of drug-likeness (QED) is 0.884. The van der Waals surface area contributed by atoms with Gasteiger partial charge in [0, 0.05) is 17.3 Å².